The van der Waals surface area contributed by atoms with E-state index in [2.05, 4.69) is 10.4 Å². The molecule has 0 bridgehead atoms. The van der Waals surface area contributed by atoms with Gasteiger partial charge in [-0.2, -0.15) is 9.61 Å². The van der Waals surface area contributed by atoms with Gasteiger partial charge in [0.25, 0.3) is 0 Å². The van der Waals surface area contributed by atoms with Gasteiger partial charge in [-0.1, -0.05) is 0 Å². The van der Waals surface area contributed by atoms with Crippen LogP contribution >= 0.6 is 0 Å². The number of anilines is 1. The van der Waals surface area contributed by atoms with Crippen LogP contribution in [0.4, 0.5) is 5.82 Å². The zero-order valence-electron chi connectivity index (χ0n) is 12.2. The molecule has 2 atom stereocenters. The summed E-state index contributed by atoms with van der Waals surface area (Å²) in [7, 11) is 0. The van der Waals surface area contributed by atoms with Crippen LogP contribution in [0.1, 0.15) is 49.8 Å². The lowest BCUT2D eigenvalue weighted by Gasteiger charge is -2.18. The van der Waals surface area contributed by atoms with Crippen molar-refractivity contribution >= 4 is 11.5 Å². The highest BCUT2D eigenvalue weighted by Gasteiger charge is 2.51. The molecule has 0 radical (unpaired) electrons. The molecule has 2 aromatic heterocycles. The van der Waals surface area contributed by atoms with E-state index < -0.39 is 0 Å². The van der Waals surface area contributed by atoms with Crippen molar-refractivity contribution in [3.05, 3.63) is 23.5 Å². The minimum absolute atomic E-state index is 0.347. The van der Waals surface area contributed by atoms with E-state index in [0.29, 0.717) is 17.5 Å². The van der Waals surface area contributed by atoms with Crippen molar-refractivity contribution in [2.45, 2.75) is 62.4 Å². The molecule has 0 aromatic carbocycles. The highest BCUT2D eigenvalue weighted by molar-refractivity contribution is 5.60. The number of hydrogen-bond acceptors (Lipinski definition) is 4. The summed E-state index contributed by atoms with van der Waals surface area (Å²) in [6.07, 6.45) is 10.2. The molecule has 0 aliphatic heterocycles. The van der Waals surface area contributed by atoms with E-state index in [0.717, 1.165) is 31.3 Å². The van der Waals surface area contributed by atoms with Crippen LogP contribution in [0.3, 0.4) is 0 Å². The Hall–Kier alpha value is -1.62. The van der Waals surface area contributed by atoms with Gasteiger partial charge in [-0.15, -0.1) is 0 Å². The molecule has 3 aliphatic carbocycles. The monoisotopic (exact) mass is 283 g/mol. The third kappa shape index (κ3) is 1.67. The van der Waals surface area contributed by atoms with Gasteiger partial charge >= 0.3 is 0 Å². The molecule has 2 saturated carbocycles. The van der Waals surface area contributed by atoms with E-state index >= 15 is 0 Å². The summed E-state index contributed by atoms with van der Waals surface area (Å²) < 4.78 is 1.99. The maximum absolute atomic E-state index is 6.06. The first-order valence-electron chi connectivity index (χ1n) is 8.14. The first-order valence-corrected chi connectivity index (χ1v) is 8.14. The fourth-order valence-electron chi connectivity index (χ4n) is 4.26. The van der Waals surface area contributed by atoms with Crippen LogP contribution < -0.4 is 11.1 Å². The van der Waals surface area contributed by atoms with E-state index in [1.807, 2.05) is 16.8 Å². The Morgan fingerprint density at radius 2 is 2.19 bits per heavy atom. The zero-order chi connectivity index (χ0) is 14.0. The zero-order valence-corrected chi connectivity index (χ0v) is 12.2. The fourth-order valence-corrected chi connectivity index (χ4v) is 4.26. The summed E-state index contributed by atoms with van der Waals surface area (Å²) in [6, 6.07) is 2.84. The minimum atomic E-state index is 0.347. The second-order valence-corrected chi connectivity index (χ2v) is 7.08. The molecule has 1 spiro atoms. The Morgan fingerprint density at radius 1 is 1.29 bits per heavy atom. The normalized spacial score (nSPS) is 29.2. The van der Waals surface area contributed by atoms with Crippen LogP contribution in [0, 0.1) is 0 Å². The van der Waals surface area contributed by atoms with Crippen LogP contribution in [0.25, 0.3) is 5.65 Å². The molecule has 110 valence electrons. The first-order chi connectivity index (χ1) is 10.3. The van der Waals surface area contributed by atoms with Crippen molar-refractivity contribution in [3.63, 3.8) is 0 Å². The Balaban J connectivity index is 1.62. The van der Waals surface area contributed by atoms with Crippen molar-refractivity contribution in [1.29, 1.82) is 0 Å². The van der Waals surface area contributed by atoms with Gasteiger partial charge < -0.3 is 11.1 Å². The minimum Gasteiger partial charge on any atom is -0.367 e. The Bertz CT molecular complexity index is 715. The van der Waals surface area contributed by atoms with Gasteiger partial charge in [0, 0.05) is 29.1 Å². The molecule has 5 heteroatoms. The predicted molar refractivity (Wildman–Crippen MR) is 81.5 cm³/mol. The van der Waals surface area contributed by atoms with E-state index in [4.69, 9.17) is 10.7 Å². The van der Waals surface area contributed by atoms with Gasteiger partial charge in [-0.3, -0.25) is 0 Å². The number of hydrogen-bond donors (Lipinski definition) is 2. The molecule has 3 N–H and O–H groups in total. The third-order valence-electron chi connectivity index (χ3n) is 5.66. The molecule has 5 rings (SSSR count). The number of rotatable bonds is 2. The molecule has 3 aliphatic rings. The lowest BCUT2D eigenvalue weighted by Crippen LogP contribution is -2.23. The molecule has 2 heterocycles. The molecule has 2 fully saturated rings. The number of fused-ring (bicyclic) bond motifs is 3. The van der Waals surface area contributed by atoms with Crippen molar-refractivity contribution in [3.8, 4) is 0 Å². The number of aromatic nitrogens is 3. The van der Waals surface area contributed by atoms with E-state index in [9.17, 15) is 0 Å². The predicted octanol–water partition coefficient (Wildman–Crippen LogP) is 2.00. The SMILES string of the molecule is N[C@H]1CC[C@H](Nc2c3c(nc4ccnn24)C2(CC3)CC2)C1. The molecule has 0 amide bonds. The van der Waals surface area contributed by atoms with Gasteiger partial charge in [-0.05, 0) is 44.9 Å². The lowest BCUT2D eigenvalue weighted by molar-refractivity contribution is 0.665. The van der Waals surface area contributed by atoms with Crippen LogP contribution in [0.5, 0.6) is 0 Å². The molecule has 21 heavy (non-hydrogen) atoms. The van der Waals surface area contributed by atoms with Gasteiger partial charge in [0.2, 0.25) is 0 Å². The second-order valence-electron chi connectivity index (χ2n) is 7.08. The van der Waals surface area contributed by atoms with E-state index in [1.54, 1.807) is 0 Å². The summed E-state index contributed by atoms with van der Waals surface area (Å²) in [5, 5.41) is 8.23. The van der Waals surface area contributed by atoms with Crippen molar-refractivity contribution in [2.75, 3.05) is 5.32 Å². The van der Waals surface area contributed by atoms with Crippen LogP contribution in [0.15, 0.2) is 12.3 Å². The molecular formula is C16H21N5. The van der Waals surface area contributed by atoms with E-state index in [-0.39, 0.29) is 0 Å². The maximum Gasteiger partial charge on any atom is 0.157 e. The summed E-state index contributed by atoms with van der Waals surface area (Å²) in [5.41, 5.74) is 10.2. The Morgan fingerprint density at radius 3 is 2.95 bits per heavy atom. The Labute approximate surface area is 123 Å². The van der Waals surface area contributed by atoms with Crippen molar-refractivity contribution in [1.82, 2.24) is 14.6 Å². The number of nitrogens with one attached hydrogen (secondary N) is 1. The molecule has 0 saturated heterocycles. The summed E-state index contributed by atoms with van der Waals surface area (Å²) in [6.45, 7) is 0. The maximum atomic E-state index is 6.06. The molecule has 5 nitrogen and oxygen atoms in total. The standard InChI is InChI=1S/C16H21N5/c17-10-1-2-11(9-10)19-15-12-3-5-16(6-7-16)14(12)20-13-4-8-18-21(13)15/h4,8,10-11,19H,1-3,5-7,9,17H2/t10-,11-/m0/s1. The van der Waals surface area contributed by atoms with Crippen LogP contribution in [-0.4, -0.2) is 26.7 Å². The second kappa shape index (κ2) is 3.97. The highest BCUT2D eigenvalue weighted by atomic mass is 15.3. The topological polar surface area (TPSA) is 68.2 Å². The number of nitrogens with zero attached hydrogens (tertiary/aromatic N) is 3. The lowest BCUT2D eigenvalue weighted by atomic mass is 10.0. The van der Waals surface area contributed by atoms with Crippen LogP contribution in [-0.2, 0) is 11.8 Å². The number of nitrogens with two attached hydrogens (primary N) is 1. The molecular weight excluding hydrogens is 262 g/mol. The Kier molecular flexibility index (Phi) is 2.27. The highest BCUT2D eigenvalue weighted by Crippen LogP contribution is 2.57. The fraction of sp³-hybridized carbons (Fsp3) is 0.625. The van der Waals surface area contributed by atoms with E-state index in [1.165, 1.54) is 36.3 Å². The van der Waals surface area contributed by atoms with Gasteiger partial charge in [0.15, 0.2) is 5.65 Å². The smallest absolute Gasteiger partial charge is 0.157 e. The summed E-state index contributed by atoms with van der Waals surface area (Å²) >= 11 is 0. The first kappa shape index (κ1) is 12.0. The molecule has 0 unspecified atom stereocenters. The summed E-state index contributed by atoms with van der Waals surface area (Å²) in [5.74, 6) is 1.18. The van der Waals surface area contributed by atoms with Crippen molar-refractivity contribution in [2.24, 2.45) is 5.73 Å². The molecule has 2 aromatic rings. The third-order valence-corrected chi connectivity index (χ3v) is 5.66. The summed E-state index contributed by atoms with van der Waals surface area (Å²) in [4.78, 5) is 4.92. The average Bonchev–Trinajstić information content (AvgIpc) is 2.82. The van der Waals surface area contributed by atoms with Crippen LogP contribution in [0.2, 0.25) is 0 Å². The van der Waals surface area contributed by atoms with Gasteiger partial charge in [0.05, 0.1) is 11.9 Å². The average molecular weight is 283 g/mol. The van der Waals surface area contributed by atoms with Gasteiger partial charge in [-0.25, -0.2) is 4.98 Å². The quantitative estimate of drug-likeness (QED) is 0.884. The van der Waals surface area contributed by atoms with Gasteiger partial charge in [0.1, 0.15) is 5.82 Å². The van der Waals surface area contributed by atoms with Crippen molar-refractivity contribution < 1.29 is 0 Å². The largest absolute Gasteiger partial charge is 0.367 e.